The molecule has 0 bridgehead atoms. The Labute approximate surface area is 129 Å². The molecule has 2 rings (SSSR count). The standard InChI is InChI=1S/C18H18O4/c1-11-5-7-13(9-15(11)21-3)17(19)18(20)14-8-6-12(2)16(10-14)22-4/h5-10H,1-4H3. The van der Waals surface area contributed by atoms with Gasteiger partial charge in [-0.15, -0.1) is 0 Å². The molecule has 2 aromatic carbocycles. The molecule has 4 nitrogen and oxygen atoms in total. The molecular formula is C18H18O4. The zero-order valence-corrected chi connectivity index (χ0v) is 13.1. The van der Waals surface area contributed by atoms with Gasteiger partial charge in [-0.2, -0.15) is 0 Å². The number of aryl methyl sites for hydroxylation is 2. The van der Waals surface area contributed by atoms with E-state index in [-0.39, 0.29) is 0 Å². The van der Waals surface area contributed by atoms with Gasteiger partial charge in [-0.25, -0.2) is 0 Å². The highest BCUT2D eigenvalue weighted by molar-refractivity contribution is 6.49. The van der Waals surface area contributed by atoms with Crippen LogP contribution >= 0.6 is 0 Å². The average molecular weight is 298 g/mol. The van der Waals surface area contributed by atoms with Gasteiger partial charge in [-0.05, 0) is 37.1 Å². The van der Waals surface area contributed by atoms with E-state index in [0.717, 1.165) is 11.1 Å². The third-order valence-electron chi connectivity index (χ3n) is 3.55. The first-order chi connectivity index (χ1) is 10.5. The highest BCUT2D eigenvalue weighted by Crippen LogP contribution is 2.22. The lowest BCUT2D eigenvalue weighted by molar-refractivity contribution is 0.0816. The molecule has 22 heavy (non-hydrogen) atoms. The molecular weight excluding hydrogens is 280 g/mol. The first-order valence-corrected chi connectivity index (χ1v) is 6.86. The van der Waals surface area contributed by atoms with Crippen LogP contribution in [-0.4, -0.2) is 25.8 Å². The molecule has 0 aliphatic heterocycles. The maximum absolute atomic E-state index is 12.4. The maximum Gasteiger partial charge on any atom is 0.233 e. The number of ketones is 2. The molecule has 0 fully saturated rings. The van der Waals surface area contributed by atoms with Crippen LogP contribution in [0.25, 0.3) is 0 Å². The van der Waals surface area contributed by atoms with E-state index in [1.807, 2.05) is 13.8 Å². The second-order valence-corrected chi connectivity index (χ2v) is 5.03. The molecule has 0 saturated carbocycles. The number of Topliss-reactive ketones (excluding diaryl/α,β-unsaturated/α-hetero) is 2. The summed E-state index contributed by atoms with van der Waals surface area (Å²) in [6.45, 7) is 3.75. The molecule has 0 radical (unpaired) electrons. The van der Waals surface area contributed by atoms with Gasteiger partial charge in [0.25, 0.3) is 0 Å². The predicted molar refractivity (Wildman–Crippen MR) is 84.1 cm³/mol. The van der Waals surface area contributed by atoms with Crippen molar-refractivity contribution < 1.29 is 19.1 Å². The Bertz CT molecular complexity index is 668. The maximum atomic E-state index is 12.4. The summed E-state index contributed by atoms with van der Waals surface area (Å²) in [5.41, 5.74) is 2.44. The van der Waals surface area contributed by atoms with E-state index in [4.69, 9.17) is 9.47 Å². The molecule has 0 aliphatic carbocycles. The lowest BCUT2D eigenvalue weighted by Crippen LogP contribution is -2.15. The first kappa shape index (κ1) is 15.8. The fourth-order valence-electron chi connectivity index (χ4n) is 2.18. The van der Waals surface area contributed by atoms with E-state index in [1.54, 1.807) is 36.4 Å². The Morgan fingerprint density at radius 2 is 1.09 bits per heavy atom. The fourth-order valence-corrected chi connectivity index (χ4v) is 2.18. The summed E-state index contributed by atoms with van der Waals surface area (Å²) in [5, 5.41) is 0. The lowest BCUT2D eigenvalue weighted by atomic mass is 9.99. The normalized spacial score (nSPS) is 10.2. The first-order valence-electron chi connectivity index (χ1n) is 6.86. The van der Waals surface area contributed by atoms with Gasteiger partial charge in [0.05, 0.1) is 14.2 Å². The average Bonchev–Trinajstić information content (AvgIpc) is 2.54. The monoisotopic (exact) mass is 298 g/mol. The molecule has 4 heteroatoms. The number of rotatable bonds is 5. The summed E-state index contributed by atoms with van der Waals surface area (Å²) in [6, 6.07) is 9.94. The van der Waals surface area contributed by atoms with Gasteiger partial charge in [-0.3, -0.25) is 9.59 Å². The number of ether oxygens (including phenoxy) is 2. The van der Waals surface area contributed by atoms with E-state index in [1.165, 1.54) is 14.2 Å². The van der Waals surface area contributed by atoms with Gasteiger partial charge in [0.1, 0.15) is 11.5 Å². The second kappa shape index (κ2) is 6.43. The van der Waals surface area contributed by atoms with Crippen molar-refractivity contribution in [3.63, 3.8) is 0 Å². The van der Waals surface area contributed by atoms with Crippen LogP contribution in [0.2, 0.25) is 0 Å². The molecule has 0 N–H and O–H groups in total. The number of benzene rings is 2. The molecule has 0 atom stereocenters. The Balaban J connectivity index is 2.35. The van der Waals surface area contributed by atoms with Crippen LogP contribution in [-0.2, 0) is 0 Å². The number of carbonyl (C=O) groups is 2. The van der Waals surface area contributed by atoms with Crippen molar-refractivity contribution in [1.82, 2.24) is 0 Å². The van der Waals surface area contributed by atoms with E-state index >= 15 is 0 Å². The van der Waals surface area contributed by atoms with Crippen LogP contribution in [0.15, 0.2) is 36.4 Å². The van der Waals surface area contributed by atoms with Gasteiger partial charge in [-0.1, -0.05) is 24.3 Å². The Kier molecular flexibility index (Phi) is 4.61. The van der Waals surface area contributed by atoms with Crippen LogP contribution in [0, 0.1) is 13.8 Å². The van der Waals surface area contributed by atoms with E-state index < -0.39 is 11.6 Å². The number of carbonyl (C=O) groups excluding carboxylic acids is 2. The van der Waals surface area contributed by atoms with Crippen LogP contribution in [0.3, 0.4) is 0 Å². The van der Waals surface area contributed by atoms with Crippen molar-refractivity contribution in [3.05, 3.63) is 58.7 Å². The van der Waals surface area contributed by atoms with Crippen LogP contribution in [0.4, 0.5) is 0 Å². The van der Waals surface area contributed by atoms with Crippen LogP contribution in [0.1, 0.15) is 31.8 Å². The smallest absolute Gasteiger partial charge is 0.233 e. The molecule has 114 valence electrons. The van der Waals surface area contributed by atoms with Crippen molar-refractivity contribution >= 4 is 11.6 Å². The van der Waals surface area contributed by atoms with Gasteiger partial charge in [0.2, 0.25) is 11.6 Å². The topological polar surface area (TPSA) is 52.6 Å². The van der Waals surface area contributed by atoms with Gasteiger partial charge in [0, 0.05) is 11.1 Å². The minimum atomic E-state index is -0.566. The summed E-state index contributed by atoms with van der Waals surface area (Å²) in [6.07, 6.45) is 0. The van der Waals surface area contributed by atoms with Crippen molar-refractivity contribution in [3.8, 4) is 11.5 Å². The zero-order valence-electron chi connectivity index (χ0n) is 13.1. The van der Waals surface area contributed by atoms with E-state index in [9.17, 15) is 9.59 Å². The van der Waals surface area contributed by atoms with Crippen LogP contribution < -0.4 is 9.47 Å². The molecule has 0 heterocycles. The van der Waals surface area contributed by atoms with Crippen molar-refractivity contribution in [2.45, 2.75) is 13.8 Å². The Morgan fingerprint density at radius 3 is 1.41 bits per heavy atom. The van der Waals surface area contributed by atoms with E-state index in [0.29, 0.717) is 22.6 Å². The third kappa shape index (κ3) is 3.01. The summed E-state index contributed by atoms with van der Waals surface area (Å²) in [4.78, 5) is 24.7. The lowest BCUT2D eigenvalue weighted by Gasteiger charge is -2.08. The SMILES string of the molecule is COc1cc(C(=O)C(=O)c2ccc(C)c(OC)c2)ccc1C. The molecule has 0 saturated heterocycles. The second-order valence-electron chi connectivity index (χ2n) is 5.03. The van der Waals surface area contributed by atoms with Gasteiger partial charge >= 0.3 is 0 Å². The molecule has 2 aromatic rings. The van der Waals surface area contributed by atoms with E-state index in [2.05, 4.69) is 0 Å². The van der Waals surface area contributed by atoms with Crippen molar-refractivity contribution in [2.75, 3.05) is 14.2 Å². The number of hydrogen-bond donors (Lipinski definition) is 0. The van der Waals surface area contributed by atoms with Gasteiger partial charge in [0.15, 0.2) is 0 Å². The Morgan fingerprint density at radius 1 is 0.727 bits per heavy atom. The predicted octanol–water partition coefficient (Wildman–Crippen LogP) is 3.39. The van der Waals surface area contributed by atoms with Crippen molar-refractivity contribution in [2.24, 2.45) is 0 Å². The largest absolute Gasteiger partial charge is 0.496 e. The van der Waals surface area contributed by atoms with Gasteiger partial charge < -0.3 is 9.47 Å². The quantitative estimate of drug-likeness (QED) is 0.627. The highest BCUT2D eigenvalue weighted by Gasteiger charge is 2.20. The number of hydrogen-bond acceptors (Lipinski definition) is 4. The third-order valence-corrected chi connectivity index (χ3v) is 3.55. The summed E-state index contributed by atoms with van der Waals surface area (Å²) in [7, 11) is 3.06. The number of methoxy groups -OCH3 is 2. The van der Waals surface area contributed by atoms with Crippen molar-refractivity contribution in [1.29, 1.82) is 0 Å². The molecule has 0 aliphatic rings. The summed E-state index contributed by atoms with van der Waals surface area (Å²) >= 11 is 0. The zero-order chi connectivity index (χ0) is 16.3. The minimum absolute atomic E-state index is 0.312. The molecule has 0 amide bonds. The highest BCUT2D eigenvalue weighted by atomic mass is 16.5. The molecule has 0 unspecified atom stereocenters. The molecule has 0 spiro atoms. The fraction of sp³-hybridized carbons (Fsp3) is 0.222. The minimum Gasteiger partial charge on any atom is -0.496 e. The summed E-state index contributed by atoms with van der Waals surface area (Å²) < 4.78 is 10.4. The Hall–Kier alpha value is -2.62. The van der Waals surface area contributed by atoms with Crippen LogP contribution in [0.5, 0.6) is 11.5 Å². The molecule has 0 aromatic heterocycles. The summed E-state index contributed by atoms with van der Waals surface area (Å²) in [5.74, 6) is 0.0358.